The van der Waals surface area contributed by atoms with Crippen molar-refractivity contribution in [2.24, 2.45) is 0 Å². The topological polar surface area (TPSA) is 66.9 Å². The lowest BCUT2D eigenvalue weighted by Gasteiger charge is -2.39. The Balaban J connectivity index is 1.39. The summed E-state index contributed by atoms with van der Waals surface area (Å²) in [5.74, 6) is 1.53. The van der Waals surface area contributed by atoms with E-state index in [-0.39, 0.29) is 12.1 Å². The third-order valence-corrected chi connectivity index (χ3v) is 5.58. The second-order valence-corrected chi connectivity index (χ2v) is 7.85. The predicted octanol–water partition coefficient (Wildman–Crippen LogP) is 3.98. The highest BCUT2D eigenvalue weighted by Gasteiger charge is 2.29. The first-order valence-electron chi connectivity index (χ1n) is 10.7. The van der Waals surface area contributed by atoms with Gasteiger partial charge in [0.05, 0.1) is 19.3 Å². The maximum absolute atomic E-state index is 13.0. The molecule has 2 heterocycles. The van der Waals surface area contributed by atoms with Gasteiger partial charge in [0.2, 0.25) is 0 Å². The van der Waals surface area contributed by atoms with Crippen molar-refractivity contribution in [3.63, 3.8) is 0 Å². The number of amides is 2. The van der Waals surface area contributed by atoms with Crippen LogP contribution in [0.1, 0.15) is 0 Å². The Labute approximate surface area is 188 Å². The van der Waals surface area contributed by atoms with Gasteiger partial charge in [0.25, 0.3) is 0 Å². The van der Waals surface area contributed by atoms with Crippen LogP contribution in [0.15, 0.2) is 73.1 Å². The van der Waals surface area contributed by atoms with Crippen LogP contribution in [0.25, 0.3) is 11.1 Å². The van der Waals surface area contributed by atoms with Gasteiger partial charge in [-0.25, -0.2) is 4.79 Å². The molecule has 7 nitrogen and oxygen atoms in total. The van der Waals surface area contributed by atoms with E-state index in [2.05, 4.69) is 22.2 Å². The van der Waals surface area contributed by atoms with E-state index >= 15 is 0 Å². The van der Waals surface area contributed by atoms with Crippen molar-refractivity contribution in [2.45, 2.75) is 6.04 Å². The minimum atomic E-state index is -0.116. The Morgan fingerprint density at radius 1 is 1.03 bits per heavy atom. The summed E-state index contributed by atoms with van der Waals surface area (Å²) in [4.78, 5) is 21.2. The second-order valence-electron chi connectivity index (χ2n) is 7.85. The summed E-state index contributed by atoms with van der Waals surface area (Å²) in [5.41, 5.74) is 2.93. The SMILES string of the molecule is COc1ccc(-c2ccc(NC(=O)N3CCN(C)CC3COc3cccnc3)cc2)cc1. The average molecular weight is 433 g/mol. The highest BCUT2D eigenvalue weighted by molar-refractivity contribution is 5.90. The largest absolute Gasteiger partial charge is 0.497 e. The number of nitrogens with one attached hydrogen (secondary N) is 1. The minimum Gasteiger partial charge on any atom is -0.497 e. The zero-order valence-electron chi connectivity index (χ0n) is 18.4. The third kappa shape index (κ3) is 5.36. The lowest BCUT2D eigenvalue weighted by Crippen LogP contribution is -2.57. The molecule has 1 aliphatic rings. The first-order valence-corrected chi connectivity index (χ1v) is 10.7. The predicted molar refractivity (Wildman–Crippen MR) is 125 cm³/mol. The van der Waals surface area contributed by atoms with Gasteiger partial charge in [-0.15, -0.1) is 0 Å². The fourth-order valence-electron chi connectivity index (χ4n) is 3.77. The third-order valence-electron chi connectivity index (χ3n) is 5.58. The van der Waals surface area contributed by atoms with Crippen molar-refractivity contribution in [1.29, 1.82) is 0 Å². The number of anilines is 1. The van der Waals surface area contributed by atoms with E-state index in [0.29, 0.717) is 18.9 Å². The summed E-state index contributed by atoms with van der Waals surface area (Å²) >= 11 is 0. The number of carbonyl (C=O) groups excluding carboxylic acids is 1. The molecule has 0 saturated carbocycles. The lowest BCUT2D eigenvalue weighted by atomic mass is 10.1. The van der Waals surface area contributed by atoms with Crippen molar-refractivity contribution in [3.05, 3.63) is 73.1 Å². The number of piperazine rings is 1. The van der Waals surface area contributed by atoms with Crippen LogP contribution in [0.4, 0.5) is 10.5 Å². The average Bonchev–Trinajstić information content (AvgIpc) is 2.84. The van der Waals surface area contributed by atoms with Crippen LogP contribution in [0, 0.1) is 0 Å². The summed E-state index contributed by atoms with van der Waals surface area (Å²) in [6, 6.07) is 19.3. The zero-order chi connectivity index (χ0) is 22.3. The summed E-state index contributed by atoms with van der Waals surface area (Å²) in [7, 11) is 3.71. The Hall–Kier alpha value is -3.58. The first kappa shape index (κ1) is 21.6. The second kappa shape index (κ2) is 10.2. The minimum absolute atomic E-state index is 0.0486. The Bertz CT molecular complexity index is 1010. The maximum atomic E-state index is 13.0. The van der Waals surface area contributed by atoms with Gasteiger partial charge in [-0.05, 0) is 54.6 Å². The number of ether oxygens (including phenoxy) is 2. The number of nitrogens with zero attached hydrogens (tertiary/aromatic N) is 3. The molecule has 1 aliphatic heterocycles. The molecule has 0 radical (unpaired) electrons. The standard InChI is InChI=1S/C25H28N4O3/c1-28-14-15-29(22(17-28)18-32-24-4-3-13-26-16-24)25(30)27-21-9-5-19(6-10-21)20-7-11-23(31-2)12-8-20/h3-13,16,22H,14-15,17-18H2,1-2H3,(H,27,30). The van der Waals surface area contributed by atoms with Gasteiger partial charge < -0.3 is 24.6 Å². The molecule has 2 aromatic carbocycles. The van der Waals surface area contributed by atoms with Crippen molar-refractivity contribution < 1.29 is 14.3 Å². The van der Waals surface area contributed by atoms with Crippen LogP contribution in [-0.4, -0.2) is 67.3 Å². The van der Waals surface area contributed by atoms with Crippen molar-refractivity contribution >= 4 is 11.7 Å². The van der Waals surface area contributed by atoms with Crippen molar-refractivity contribution in [2.75, 3.05) is 45.7 Å². The van der Waals surface area contributed by atoms with Gasteiger partial charge in [0.1, 0.15) is 18.1 Å². The molecule has 0 aliphatic carbocycles. The summed E-state index contributed by atoms with van der Waals surface area (Å²) in [6.45, 7) is 2.64. The molecule has 32 heavy (non-hydrogen) atoms. The Morgan fingerprint density at radius 2 is 1.75 bits per heavy atom. The van der Waals surface area contributed by atoms with E-state index in [1.165, 1.54) is 0 Å². The fourth-order valence-corrected chi connectivity index (χ4v) is 3.77. The number of pyridine rings is 1. The summed E-state index contributed by atoms with van der Waals surface area (Å²) < 4.78 is 11.1. The molecule has 3 aromatic rings. The van der Waals surface area contributed by atoms with Crippen molar-refractivity contribution in [3.8, 4) is 22.6 Å². The smallest absolute Gasteiger partial charge is 0.322 e. The molecule has 4 rings (SSSR count). The Kier molecular flexibility index (Phi) is 6.87. The first-order chi connectivity index (χ1) is 15.6. The van der Waals surface area contributed by atoms with Gasteiger partial charge in [0, 0.05) is 31.5 Å². The molecule has 1 saturated heterocycles. The fraction of sp³-hybridized carbons (Fsp3) is 0.280. The highest BCUT2D eigenvalue weighted by atomic mass is 16.5. The van der Waals surface area contributed by atoms with Crippen LogP contribution < -0.4 is 14.8 Å². The number of urea groups is 1. The van der Waals surface area contributed by atoms with E-state index in [0.717, 1.165) is 35.7 Å². The van der Waals surface area contributed by atoms with Crippen molar-refractivity contribution in [1.82, 2.24) is 14.8 Å². The zero-order valence-corrected chi connectivity index (χ0v) is 18.4. The van der Waals surface area contributed by atoms with Gasteiger partial charge in [0.15, 0.2) is 0 Å². The molecule has 0 spiro atoms. The normalized spacial score (nSPS) is 16.4. The quantitative estimate of drug-likeness (QED) is 0.638. The van der Waals surface area contributed by atoms with E-state index in [4.69, 9.17) is 9.47 Å². The number of carbonyl (C=O) groups is 1. The number of likely N-dealkylation sites (N-methyl/N-ethyl adjacent to an activating group) is 1. The molecule has 2 amide bonds. The van der Waals surface area contributed by atoms with Crippen LogP contribution in [0.5, 0.6) is 11.5 Å². The summed E-state index contributed by atoms with van der Waals surface area (Å²) in [6.07, 6.45) is 3.39. The van der Waals surface area contributed by atoms with Crippen LogP contribution >= 0.6 is 0 Å². The molecule has 1 atom stereocenters. The molecule has 1 N–H and O–H groups in total. The molecule has 1 unspecified atom stereocenters. The highest BCUT2D eigenvalue weighted by Crippen LogP contribution is 2.24. The molecule has 1 fully saturated rings. The number of hydrogen-bond donors (Lipinski definition) is 1. The van der Waals surface area contributed by atoms with Gasteiger partial charge in [-0.1, -0.05) is 24.3 Å². The molecule has 0 bridgehead atoms. The monoisotopic (exact) mass is 432 g/mol. The van der Waals surface area contributed by atoms with Gasteiger partial charge in [-0.3, -0.25) is 4.98 Å². The number of aromatic nitrogens is 1. The molecule has 7 heteroatoms. The number of hydrogen-bond acceptors (Lipinski definition) is 5. The lowest BCUT2D eigenvalue weighted by molar-refractivity contribution is 0.0847. The van der Waals surface area contributed by atoms with Gasteiger partial charge in [-0.2, -0.15) is 0 Å². The number of benzene rings is 2. The van der Waals surface area contributed by atoms with E-state index < -0.39 is 0 Å². The molecular formula is C25H28N4O3. The van der Waals surface area contributed by atoms with Crippen LogP contribution in [-0.2, 0) is 0 Å². The van der Waals surface area contributed by atoms with Crippen LogP contribution in [0.3, 0.4) is 0 Å². The Morgan fingerprint density at radius 3 is 2.41 bits per heavy atom. The van der Waals surface area contributed by atoms with Gasteiger partial charge >= 0.3 is 6.03 Å². The van der Waals surface area contributed by atoms with Crippen LogP contribution in [0.2, 0.25) is 0 Å². The molecule has 166 valence electrons. The molecular weight excluding hydrogens is 404 g/mol. The number of methoxy groups -OCH3 is 1. The molecule has 1 aromatic heterocycles. The maximum Gasteiger partial charge on any atom is 0.322 e. The van der Waals surface area contributed by atoms with E-state index in [1.807, 2.05) is 65.6 Å². The number of rotatable bonds is 6. The van der Waals surface area contributed by atoms with E-state index in [9.17, 15) is 4.79 Å². The summed E-state index contributed by atoms with van der Waals surface area (Å²) in [5, 5.41) is 3.03. The van der Waals surface area contributed by atoms with E-state index in [1.54, 1.807) is 19.5 Å².